The Balaban J connectivity index is 2.47. The Hall–Kier alpha value is 0.280. The maximum Gasteiger partial charge on any atom is 0.0332 e. The molecular formula is C18H27BrCl2. The van der Waals surface area contributed by atoms with Crippen LogP contribution in [0.3, 0.4) is 0 Å². The SMILES string of the molecule is CCCCCCCCCC(CCl)(CCl)c1ccc(Br)cc1. The highest BCUT2D eigenvalue weighted by atomic mass is 79.9. The summed E-state index contributed by atoms with van der Waals surface area (Å²) in [6.45, 7) is 2.26. The average Bonchev–Trinajstić information content (AvgIpc) is 2.52. The van der Waals surface area contributed by atoms with E-state index in [0.717, 1.165) is 10.9 Å². The molecule has 1 rings (SSSR count). The third kappa shape index (κ3) is 6.50. The lowest BCUT2D eigenvalue weighted by atomic mass is 9.79. The van der Waals surface area contributed by atoms with E-state index in [2.05, 4.69) is 47.1 Å². The number of alkyl halides is 2. The van der Waals surface area contributed by atoms with Gasteiger partial charge >= 0.3 is 0 Å². The van der Waals surface area contributed by atoms with Crippen molar-refractivity contribution in [3.8, 4) is 0 Å². The third-order valence-electron chi connectivity index (χ3n) is 4.23. The predicted octanol–water partition coefficient (Wildman–Crippen LogP) is 7.31. The van der Waals surface area contributed by atoms with Gasteiger partial charge in [0.15, 0.2) is 0 Å². The van der Waals surface area contributed by atoms with Crippen molar-refractivity contribution in [2.75, 3.05) is 11.8 Å². The van der Waals surface area contributed by atoms with Gasteiger partial charge in [-0.05, 0) is 24.1 Å². The molecule has 0 atom stereocenters. The summed E-state index contributed by atoms with van der Waals surface area (Å²) in [4.78, 5) is 0. The van der Waals surface area contributed by atoms with Crippen molar-refractivity contribution in [3.63, 3.8) is 0 Å². The van der Waals surface area contributed by atoms with E-state index in [4.69, 9.17) is 23.2 Å². The highest BCUT2D eigenvalue weighted by Crippen LogP contribution is 2.34. The van der Waals surface area contributed by atoms with Gasteiger partial charge in [-0.1, -0.05) is 79.9 Å². The molecule has 0 N–H and O–H groups in total. The summed E-state index contributed by atoms with van der Waals surface area (Å²) in [7, 11) is 0. The summed E-state index contributed by atoms with van der Waals surface area (Å²) in [5, 5.41) is 0. The molecule has 0 amide bonds. The summed E-state index contributed by atoms with van der Waals surface area (Å²) >= 11 is 16.1. The summed E-state index contributed by atoms with van der Waals surface area (Å²) in [5.74, 6) is 1.18. The predicted molar refractivity (Wildman–Crippen MR) is 99.9 cm³/mol. The van der Waals surface area contributed by atoms with Crippen LogP contribution in [0.25, 0.3) is 0 Å². The van der Waals surface area contributed by atoms with Crippen LogP contribution in [-0.2, 0) is 5.41 Å². The zero-order valence-corrected chi connectivity index (χ0v) is 16.1. The minimum absolute atomic E-state index is 0.0762. The first-order chi connectivity index (χ1) is 10.2. The number of halogens is 3. The Morgan fingerprint density at radius 2 is 1.38 bits per heavy atom. The number of benzene rings is 1. The molecule has 3 heteroatoms. The molecule has 0 aromatic heterocycles. The fourth-order valence-electron chi connectivity index (χ4n) is 2.69. The molecule has 0 aliphatic carbocycles. The van der Waals surface area contributed by atoms with E-state index in [-0.39, 0.29) is 5.41 Å². The van der Waals surface area contributed by atoms with Gasteiger partial charge < -0.3 is 0 Å². The molecule has 120 valence electrons. The Kier molecular flexibility index (Phi) is 10.0. The van der Waals surface area contributed by atoms with Gasteiger partial charge in [0.05, 0.1) is 0 Å². The summed E-state index contributed by atoms with van der Waals surface area (Å²) in [6.07, 6.45) is 10.3. The molecule has 0 bridgehead atoms. The third-order valence-corrected chi connectivity index (χ3v) is 5.78. The van der Waals surface area contributed by atoms with E-state index >= 15 is 0 Å². The second kappa shape index (κ2) is 10.9. The molecule has 0 fully saturated rings. The number of unbranched alkanes of at least 4 members (excludes halogenated alkanes) is 6. The Labute approximate surface area is 148 Å². The van der Waals surface area contributed by atoms with Gasteiger partial charge in [0, 0.05) is 21.6 Å². The minimum Gasteiger partial charge on any atom is -0.126 e. The van der Waals surface area contributed by atoms with Crippen LogP contribution in [0.4, 0.5) is 0 Å². The molecule has 0 saturated heterocycles. The van der Waals surface area contributed by atoms with E-state index in [9.17, 15) is 0 Å². The van der Waals surface area contributed by atoms with Gasteiger partial charge in [-0.25, -0.2) is 0 Å². The van der Waals surface area contributed by atoms with E-state index in [1.54, 1.807) is 0 Å². The second-order valence-electron chi connectivity index (χ2n) is 5.93. The van der Waals surface area contributed by atoms with Crippen LogP contribution in [-0.4, -0.2) is 11.8 Å². The normalized spacial score (nSPS) is 11.8. The number of rotatable bonds is 11. The summed E-state index contributed by atoms with van der Waals surface area (Å²) in [6, 6.07) is 8.45. The number of hydrogen-bond acceptors (Lipinski definition) is 0. The van der Waals surface area contributed by atoms with Crippen molar-refractivity contribution in [2.24, 2.45) is 0 Å². The highest BCUT2D eigenvalue weighted by Gasteiger charge is 2.29. The zero-order valence-electron chi connectivity index (χ0n) is 13.0. The zero-order chi connectivity index (χ0) is 15.6. The van der Waals surface area contributed by atoms with Gasteiger partial charge in [-0.15, -0.1) is 23.2 Å². The second-order valence-corrected chi connectivity index (χ2v) is 7.38. The van der Waals surface area contributed by atoms with Crippen molar-refractivity contribution < 1.29 is 0 Å². The molecule has 0 saturated carbocycles. The Bertz CT molecular complexity index is 371. The molecule has 21 heavy (non-hydrogen) atoms. The van der Waals surface area contributed by atoms with Gasteiger partial charge in [-0.2, -0.15) is 0 Å². The highest BCUT2D eigenvalue weighted by molar-refractivity contribution is 9.10. The van der Waals surface area contributed by atoms with E-state index < -0.39 is 0 Å². The molecule has 0 nitrogen and oxygen atoms in total. The van der Waals surface area contributed by atoms with E-state index in [1.165, 1.54) is 50.5 Å². The van der Waals surface area contributed by atoms with E-state index in [0.29, 0.717) is 11.8 Å². The lowest BCUT2D eigenvalue weighted by Gasteiger charge is -2.30. The molecule has 0 spiro atoms. The standard InChI is InChI=1S/C18H27BrCl2/c1-2-3-4-5-6-7-8-13-18(14-20,15-21)16-9-11-17(19)12-10-16/h9-12H,2-8,13-15H2,1H3. The van der Waals surface area contributed by atoms with Gasteiger partial charge in [-0.3, -0.25) is 0 Å². The molecule has 0 radical (unpaired) electrons. The first-order valence-corrected chi connectivity index (χ1v) is 9.92. The lowest BCUT2D eigenvalue weighted by Crippen LogP contribution is -2.30. The molecule has 1 aromatic carbocycles. The van der Waals surface area contributed by atoms with Crippen LogP contribution in [0, 0.1) is 0 Å². The summed E-state index contributed by atoms with van der Waals surface area (Å²) in [5.41, 5.74) is 1.19. The van der Waals surface area contributed by atoms with Gasteiger partial charge in [0.1, 0.15) is 0 Å². The van der Waals surface area contributed by atoms with Crippen molar-refractivity contribution >= 4 is 39.1 Å². The maximum atomic E-state index is 6.28. The molecular weight excluding hydrogens is 367 g/mol. The van der Waals surface area contributed by atoms with E-state index in [1.807, 2.05) is 0 Å². The quantitative estimate of drug-likeness (QED) is 0.273. The fraction of sp³-hybridized carbons (Fsp3) is 0.667. The van der Waals surface area contributed by atoms with Crippen molar-refractivity contribution in [2.45, 2.75) is 63.7 Å². The smallest absolute Gasteiger partial charge is 0.0332 e. The van der Waals surface area contributed by atoms with Crippen LogP contribution < -0.4 is 0 Å². The maximum absolute atomic E-state index is 6.28. The van der Waals surface area contributed by atoms with Crippen molar-refractivity contribution in [1.29, 1.82) is 0 Å². The lowest BCUT2D eigenvalue weighted by molar-refractivity contribution is 0.451. The van der Waals surface area contributed by atoms with Crippen LogP contribution in [0.1, 0.15) is 63.9 Å². The van der Waals surface area contributed by atoms with Crippen LogP contribution in [0.15, 0.2) is 28.7 Å². The minimum atomic E-state index is -0.0762. The molecule has 0 aliphatic rings. The van der Waals surface area contributed by atoms with Crippen LogP contribution in [0.5, 0.6) is 0 Å². The Morgan fingerprint density at radius 1 is 0.857 bits per heavy atom. The molecule has 0 heterocycles. The topological polar surface area (TPSA) is 0 Å². The molecule has 0 unspecified atom stereocenters. The Morgan fingerprint density at radius 3 is 1.90 bits per heavy atom. The number of hydrogen-bond donors (Lipinski definition) is 0. The first kappa shape index (κ1) is 19.3. The molecule has 0 aliphatic heterocycles. The van der Waals surface area contributed by atoms with Gasteiger partial charge in [0.25, 0.3) is 0 Å². The summed E-state index contributed by atoms with van der Waals surface area (Å²) < 4.78 is 1.10. The van der Waals surface area contributed by atoms with Crippen LogP contribution in [0.2, 0.25) is 0 Å². The average molecular weight is 394 g/mol. The largest absolute Gasteiger partial charge is 0.126 e. The fourth-order valence-corrected chi connectivity index (χ4v) is 3.82. The van der Waals surface area contributed by atoms with Crippen LogP contribution >= 0.6 is 39.1 Å². The monoisotopic (exact) mass is 392 g/mol. The van der Waals surface area contributed by atoms with Crippen molar-refractivity contribution in [3.05, 3.63) is 34.3 Å². The first-order valence-electron chi connectivity index (χ1n) is 8.06. The van der Waals surface area contributed by atoms with Crippen molar-refractivity contribution in [1.82, 2.24) is 0 Å². The van der Waals surface area contributed by atoms with Gasteiger partial charge in [0.2, 0.25) is 0 Å². The molecule has 1 aromatic rings.